The molecule has 1 fully saturated rings. The maximum absolute atomic E-state index is 11.8. The van der Waals surface area contributed by atoms with Crippen LogP contribution in [0.1, 0.15) is 25.7 Å². The minimum absolute atomic E-state index is 0.0805. The van der Waals surface area contributed by atoms with Crippen molar-refractivity contribution in [3.8, 4) is 0 Å². The lowest BCUT2D eigenvalue weighted by atomic mass is 9.85. The van der Waals surface area contributed by atoms with Gasteiger partial charge in [-0.1, -0.05) is 12.8 Å². The van der Waals surface area contributed by atoms with Gasteiger partial charge in [-0.3, -0.25) is 4.18 Å². The number of rotatable bonds is 7. The minimum atomic E-state index is -3.74. The van der Waals surface area contributed by atoms with E-state index in [9.17, 15) is 13.5 Å². The molecule has 2 atom stereocenters. The van der Waals surface area contributed by atoms with Gasteiger partial charge in [0.1, 0.15) is 11.6 Å². The SMILES string of the molecule is COS(=O)(=O)c1ccc(Nc2cc(N[C@@H]3CCCC[C@@H]3CO)nc3c(Br)cnn23)cc1. The molecule has 2 heterocycles. The second-order valence-corrected chi connectivity index (χ2v) is 10.1. The average molecular weight is 510 g/mol. The van der Waals surface area contributed by atoms with Gasteiger partial charge in [0.05, 0.1) is 22.7 Å². The standard InChI is InChI=1S/C20H24BrN5O4S/c1-30-31(28,29)15-8-6-14(7-9-15)23-19-10-18(25-20-16(21)11-22-26(19)20)24-17-5-3-2-4-13(17)12-27/h6-11,13,17,23,27H,2-5,12H2,1H3,(H,24,25)/t13-,17-/m1/s1. The molecule has 166 valence electrons. The van der Waals surface area contributed by atoms with Gasteiger partial charge in [-0.25, -0.2) is 4.98 Å². The fourth-order valence-corrected chi connectivity index (χ4v) is 4.86. The fourth-order valence-electron chi connectivity index (χ4n) is 3.85. The molecular weight excluding hydrogens is 486 g/mol. The molecule has 31 heavy (non-hydrogen) atoms. The van der Waals surface area contributed by atoms with Gasteiger partial charge in [0, 0.05) is 30.3 Å². The Bertz CT molecular complexity index is 1170. The molecule has 0 spiro atoms. The van der Waals surface area contributed by atoms with Crippen molar-refractivity contribution >= 4 is 49.0 Å². The predicted octanol–water partition coefficient (Wildman–Crippen LogP) is 3.53. The first-order valence-corrected chi connectivity index (χ1v) is 12.2. The zero-order valence-electron chi connectivity index (χ0n) is 17.0. The van der Waals surface area contributed by atoms with E-state index in [1.54, 1.807) is 22.8 Å². The van der Waals surface area contributed by atoms with E-state index in [4.69, 9.17) is 0 Å². The molecular formula is C20H24BrN5O4S. The number of fused-ring (bicyclic) bond motifs is 1. The molecule has 9 nitrogen and oxygen atoms in total. The smallest absolute Gasteiger partial charge is 0.296 e. The largest absolute Gasteiger partial charge is 0.396 e. The van der Waals surface area contributed by atoms with E-state index in [1.807, 2.05) is 6.07 Å². The van der Waals surface area contributed by atoms with Crippen LogP contribution in [0.2, 0.25) is 0 Å². The third-order valence-corrected chi connectivity index (χ3v) is 7.39. The molecule has 3 N–H and O–H groups in total. The Morgan fingerprint density at radius 2 is 2.00 bits per heavy atom. The Kier molecular flexibility index (Phi) is 6.47. The Labute approximate surface area is 189 Å². The van der Waals surface area contributed by atoms with Gasteiger partial charge >= 0.3 is 0 Å². The Hall–Kier alpha value is -2.21. The third-order valence-electron chi connectivity index (χ3n) is 5.54. The number of aliphatic hydroxyl groups is 1. The van der Waals surface area contributed by atoms with Crippen LogP contribution in [0, 0.1) is 5.92 Å². The molecule has 0 unspecified atom stereocenters. The van der Waals surface area contributed by atoms with Crippen molar-refractivity contribution in [3.05, 3.63) is 41.0 Å². The van der Waals surface area contributed by atoms with Crippen molar-refractivity contribution in [1.29, 1.82) is 0 Å². The summed E-state index contributed by atoms with van der Waals surface area (Å²) in [4.78, 5) is 4.76. The maximum Gasteiger partial charge on any atom is 0.296 e. The number of nitrogens with zero attached hydrogens (tertiary/aromatic N) is 3. The van der Waals surface area contributed by atoms with Gasteiger partial charge < -0.3 is 15.7 Å². The zero-order valence-corrected chi connectivity index (χ0v) is 19.4. The molecule has 0 saturated heterocycles. The molecule has 0 bridgehead atoms. The first-order chi connectivity index (χ1) is 14.9. The first-order valence-electron chi connectivity index (χ1n) is 10.0. The highest BCUT2D eigenvalue weighted by atomic mass is 79.9. The molecule has 3 aromatic rings. The second kappa shape index (κ2) is 9.11. The lowest BCUT2D eigenvalue weighted by Gasteiger charge is -2.31. The molecule has 1 aliphatic rings. The second-order valence-electron chi connectivity index (χ2n) is 7.50. The Balaban J connectivity index is 1.64. The number of anilines is 3. The van der Waals surface area contributed by atoms with Gasteiger partial charge in [0.2, 0.25) is 0 Å². The summed E-state index contributed by atoms with van der Waals surface area (Å²) < 4.78 is 30.6. The minimum Gasteiger partial charge on any atom is -0.396 e. The average Bonchev–Trinajstić information content (AvgIpc) is 3.15. The number of aliphatic hydroxyl groups excluding tert-OH is 1. The molecule has 1 saturated carbocycles. The summed E-state index contributed by atoms with van der Waals surface area (Å²) in [6.07, 6.45) is 5.90. The first kappa shape index (κ1) is 22.0. The highest BCUT2D eigenvalue weighted by Gasteiger charge is 2.25. The van der Waals surface area contributed by atoms with E-state index in [0.717, 1.165) is 37.3 Å². The normalized spacial score (nSPS) is 19.5. The van der Waals surface area contributed by atoms with Crippen LogP contribution in [0.4, 0.5) is 17.3 Å². The maximum atomic E-state index is 11.8. The molecule has 2 aromatic heterocycles. The van der Waals surface area contributed by atoms with Crippen LogP contribution in [0.15, 0.2) is 45.9 Å². The number of aromatic nitrogens is 3. The Morgan fingerprint density at radius 1 is 1.26 bits per heavy atom. The van der Waals surface area contributed by atoms with E-state index < -0.39 is 10.1 Å². The van der Waals surface area contributed by atoms with Crippen molar-refractivity contribution in [2.45, 2.75) is 36.6 Å². The van der Waals surface area contributed by atoms with Crippen molar-refractivity contribution in [1.82, 2.24) is 14.6 Å². The van der Waals surface area contributed by atoms with Crippen molar-refractivity contribution in [3.63, 3.8) is 0 Å². The summed E-state index contributed by atoms with van der Waals surface area (Å²) in [6.45, 7) is 0.151. The zero-order chi connectivity index (χ0) is 22.0. The van der Waals surface area contributed by atoms with Crippen LogP contribution in [0.5, 0.6) is 0 Å². The molecule has 0 radical (unpaired) electrons. The van der Waals surface area contributed by atoms with E-state index in [1.165, 1.54) is 12.1 Å². The van der Waals surface area contributed by atoms with Crippen molar-refractivity contribution < 1.29 is 17.7 Å². The quantitative estimate of drug-likeness (QED) is 0.414. The summed E-state index contributed by atoms with van der Waals surface area (Å²) in [5.41, 5.74) is 1.33. The number of benzene rings is 1. The van der Waals surface area contributed by atoms with Crippen LogP contribution < -0.4 is 10.6 Å². The topological polar surface area (TPSA) is 118 Å². The van der Waals surface area contributed by atoms with Gasteiger partial charge in [-0.05, 0) is 53.0 Å². The van der Waals surface area contributed by atoms with Crippen LogP contribution >= 0.6 is 15.9 Å². The van der Waals surface area contributed by atoms with Crippen LogP contribution in [-0.2, 0) is 14.3 Å². The van der Waals surface area contributed by atoms with Gasteiger partial charge in [0.25, 0.3) is 10.1 Å². The highest BCUT2D eigenvalue weighted by Crippen LogP contribution is 2.30. The molecule has 0 aliphatic heterocycles. The predicted molar refractivity (Wildman–Crippen MR) is 121 cm³/mol. The molecule has 0 amide bonds. The summed E-state index contributed by atoms with van der Waals surface area (Å²) in [5.74, 6) is 1.55. The lowest BCUT2D eigenvalue weighted by molar-refractivity contribution is 0.178. The summed E-state index contributed by atoms with van der Waals surface area (Å²) >= 11 is 3.49. The number of halogens is 1. The lowest BCUT2D eigenvalue weighted by Crippen LogP contribution is -2.34. The molecule has 11 heteroatoms. The highest BCUT2D eigenvalue weighted by molar-refractivity contribution is 9.10. The van der Waals surface area contributed by atoms with Crippen LogP contribution in [0.25, 0.3) is 5.65 Å². The number of nitrogens with one attached hydrogen (secondary N) is 2. The third kappa shape index (κ3) is 4.69. The van der Waals surface area contributed by atoms with E-state index in [-0.39, 0.29) is 23.5 Å². The van der Waals surface area contributed by atoms with E-state index in [2.05, 4.69) is 40.8 Å². The molecule has 4 rings (SSSR count). The van der Waals surface area contributed by atoms with E-state index in [0.29, 0.717) is 23.0 Å². The fraction of sp³-hybridized carbons (Fsp3) is 0.400. The van der Waals surface area contributed by atoms with Gasteiger partial charge in [0.15, 0.2) is 5.65 Å². The van der Waals surface area contributed by atoms with Gasteiger partial charge in [-0.15, -0.1) is 0 Å². The van der Waals surface area contributed by atoms with Crippen LogP contribution in [0.3, 0.4) is 0 Å². The number of hydrogen-bond acceptors (Lipinski definition) is 8. The number of hydrogen-bond donors (Lipinski definition) is 3. The Morgan fingerprint density at radius 3 is 2.71 bits per heavy atom. The van der Waals surface area contributed by atoms with Crippen LogP contribution in [-0.4, -0.2) is 47.9 Å². The molecule has 1 aromatic carbocycles. The summed E-state index contributed by atoms with van der Waals surface area (Å²) in [5, 5.41) is 20.8. The van der Waals surface area contributed by atoms with Crippen molar-refractivity contribution in [2.24, 2.45) is 5.92 Å². The summed E-state index contributed by atoms with van der Waals surface area (Å²) in [6, 6.07) is 8.29. The monoisotopic (exact) mass is 509 g/mol. The molecule has 1 aliphatic carbocycles. The van der Waals surface area contributed by atoms with Crippen molar-refractivity contribution in [2.75, 3.05) is 24.4 Å². The van der Waals surface area contributed by atoms with E-state index >= 15 is 0 Å². The van der Waals surface area contributed by atoms with Gasteiger partial charge in [-0.2, -0.15) is 18.0 Å². The summed E-state index contributed by atoms with van der Waals surface area (Å²) in [7, 11) is -2.61.